The van der Waals surface area contributed by atoms with Crippen LogP contribution in [0.15, 0.2) is 21.3 Å². The van der Waals surface area contributed by atoms with Gasteiger partial charge in [-0.1, -0.05) is 0 Å². The van der Waals surface area contributed by atoms with Gasteiger partial charge in [0.25, 0.3) is 0 Å². The van der Waals surface area contributed by atoms with Crippen LogP contribution in [0.4, 0.5) is 0 Å². The van der Waals surface area contributed by atoms with E-state index in [0.717, 1.165) is 17.8 Å². The van der Waals surface area contributed by atoms with Crippen molar-refractivity contribution >= 4 is 38.6 Å². The van der Waals surface area contributed by atoms with E-state index in [4.69, 9.17) is 0 Å². The molecule has 0 aliphatic rings. The maximum atomic E-state index is 4.52. The second kappa shape index (κ2) is 6.09. The number of thiazole rings is 1. The van der Waals surface area contributed by atoms with Gasteiger partial charge in [-0.3, -0.25) is 0 Å². The molecule has 0 radical (unpaired) electrons. The fourth-order valence-electron chi connectivity index (χ4n) is 1.73. The average molecular weight is 331 g/mol. The van der Waals surface area contributed by atoms with Gasteiger partial charge in [0, 0.05) is 27.2 Å². The molecule has 1 atom stereocenters. The predicted octanol–water partition coefficient (Wildman–Crippen LogP) is 3.65. The first-order valence-electron chi connectivity index (χ1n) is 5.49. The lowest BCUT2D eigenvalue weighted by Gasteiger charge is -2.14. The van der Waals surface area contributed by atoms with Gasteiger partial charge in [0.1, 0.15) is 0 Å². The molecule has 1 unspecified atom stereocenters. The van der Waals surface area contributed by atoms with Gasteiger partial charge in [-0.05, 0) is 47.8 Å². The summed E-state index contributed by atoms with van der Waals surface area (Å²) in [6.45, 7) is 2.05. The fourth-order valence-corrected chi connectivity index (χ4v) is 3.95. The molecule has 0 saturated heterocycles. The number of aromatic nitrogens is 1. The number of hydrogen-bond acceptors (Lipinski definition) is 4. The molecule has 2 aromatic heterocycles. The Labute approximate surface area is 118 Å². The zero-order chi connectivity index (χ0) is 12.3. The monoisotopic (exact) mass is 330 g/mol. The number of hydrogen-bond donors (Lipinski definition) is 1. The fraction of sp³-hybridized carbons (Fsp3) is 0.417. The summed E-state index contributed by atoms with van der Waals surface area (Å²) in [6.07, 6.45) is 2.04. The van der Waals surface area contributed by atoms with Gasteiger partial charge in [0.05, 0.1) is 10.7 Å². The quantitative estimate of drug-likeness (QED) is 0.905. The Morgan fingerprint density at radius 1 is 1.41 bits per heavy atom. The number of rotatable bonds is 5. The maximum absolute atomic E-state index is 4.52. The molecule has 0 spiro atoms. The number of nitrogens with one attached hydrogen (secondary N) is 1. The van der Waals surface area contributed by atoms with Gasteiger partial charge in [0.15, 0.2) is 0 Å². The van der Waals surface area contributed by atoms with Crippen molar-refractivity contribution in [3.8, 4) is 0 Å². The molecule has 92 valence electrons. The van der Waals surface area contributed by atoms with E-state index < -0.39 is 0 Å². The van der Waals surface area contributed by atoms with Crippen LogP contribution < -0.4 is 5.32 Å². The van der Waals surface area contributed by atoms with E-state index in [9.17, 15) is 0 Å². The third kappa shape index (κ3) is 3.61. The molecule has 17 heavy (non-hydrogen) atoms. The molecular weight excluding hydrogens is 316 g/mol. The summed E-state index contributed by atoms with van der Waals surface area (Å²) in [7, 11) is 2.02. The lowest BCUT2D eigenvalue weighted by Crippen LogP contribution is -2.29. The first-order valence-corrected chi connectivity index (χ1v) is 8.04. The van der Waals surface area contributed by atoms with E-state index in [1.165, 1.54) is 15.0 Å². The average Bonchev–Trinajstić information content (AvgIpc) is 2.88. The van der Waals surface area contributed by atoms with Gasteiger partial charge < -0.3 is 5.32 Å². The number of thiophene rings is 1. The maximum Gasteiger partial charge on any atom is 0.0897 e. The highest BCUT2D eigenvalue weighted by Crippen LogP contribution is 2.24. The van der Waals surface area contributed by atoms with Crippen LogP contribution in [0.25, 0.3) is 0 Å². The van der Waals surface area contributed by atoms with Crippen molar-refractivity contribution < 1.29 is 0 Å². The Morgan fingerprint density at radius 2 is 2.24 bits per heavy atom. The molecule has 0 fully saturated rings. The van der Waals surface area contributed by atoms with E-state index >= 15 is 0 Å². The summed E-state index contributed by atoms with van der Waals surface area (Å²) in [4.78, 5) is 5.92. The molecule has 2 nitrogen and oxygen atoms in total. The van der Waals surface area contributed by atoms with Crippen molar-refractivity contribution in [1.82, 2.24) is 10.3 Å². The van der Waals surface area contributed by atoms with Crippen molar-refractivity contribution in [3.63, 3.8) is 0 Å². The molecule has 0 aliphatic heterocycles. The topological polar surface area (TPSA) is 24.9 Å². The molecule has 0 aliphatic carbocycles. The third-order valence-corrected chi connectivity index (χ3v) is 5.42. The van der Waals surface area contributed by atoms with Crippen LogP contribution in [-0.2, 0) is 12.8 Å². The van der Waals surface area contributed by atoms with Crippen molar-refractivity contribution in [2.75, 3.05) is 7.05 Å². The van der Waals surface area contributed by atoms with E-state index in [1.54, 1.807) is 22.7 Å². The minimum absolute atomic E-state index is 0.450. The lowest BCUT2D eigenvalue weighted by molar-refractivity contribution is 0.554. The molecule has 0 saturated carbocycles. The Kier molecular flexibility index (Phi) is 4.73. The first-order chi connectivity index (χ1) is 8.19. The van der Waals surface area contributed by atoms with E-state index in [-0.39, 0.29) is 0 Å². The van der Waals surface area contributed by atoms with Crippen LogP contribution >= 0.6 is 38.6 Å². The third-order valence-electron chi connectivity index (χ3n) is 2.65. The summed E-state index contributed by atoms with van der Waals surface area (Å²) in [6, 6.07) is 2.56. The van der Waals surface area contributed by atoms with E-state index in [2.05, 4.69) is 50.0 Å². The smallest absolute Gasteiger partial charge is 0.0897 e. The Balaban J connectivity index is 2.00. The summed E-state index contributed by atoms with van der Waals surface area (Å²) in [5.74, 6) is 0. The Bertz CT molecular complexity index is 478. The normalized spacial score (nSPS) is 12.9. The van der Waals surface area contributed by atoms with Crippen LogP contribution in [0.1, 0.15) is 15.6 Å². The molecular formula is C12H15BrN2S2. The number of halogens is 1. The van der Waals surface area contributed by atoms with Crippen molar-refractivity contribution in [3.05, 3.63) is 36.9 Å². The van der Waals surface area contributed by atoms with Crippen molar-refractivity contribution in [2.45, 2.75) is 25.8 Å². The number of nitrogens with zero attached hydrogens (tertiary/aromatic N) is 1. The second-order valence-corrected chi connectivity index (χ2v) is 6.86. The van der Waals surface area contributed by atoms with Crippen LogP contribution in [-0.4, -0.2) is 18.1 Å². The van der Waals surface area contributed by atoms with E-state index in [1.807, 2.05) is 7.05 Å². The Morgan fingerprint density at radius 3 is 2.76 bits per heavy atom. The molecule has 5 heteroatoms. The van der Waals surface area contributed by atoms with Crippen LogP contribution in [0.2, 0.25) is 0 Å². The molecule has 1 N–H and O–H groups in total. The van der Waals surface area contributed by atoms with Crippen LogP contribution in [0, 0.1) is 6.92 Å². The van der Waals surface area contributed by atoms with Crippen LogP contribution in [0.5, 0.6) is 0 Å². The highest BCUT2D eigenvalue weighted by molar-refractivity contribution is 9.10. The van der Waals surface area contributed by atoms with Gasteiger partial charge in [0.2, 0.25) is 0 Å². The summed E-state index contributed by atoms with van der Waals surface area (Å²) < 4.78 is 1.22. The van der Waals surface area contributed by atoms with Gasteiger partial charge >= 0.3 is 0 Å². The summed E-state index contributed by atoms with van der Waals surface area (Å²) in [5.41, 5.74) is 1.19. The minimum Gasteiger partial charge on any atom is -0.316 e. The lowest BCUT2D eigenvalue weighted by atomic mass is 10.1. The highest BCUT2D eigenvalue weighted by atomic mass is 79.9. The van der Waals surface area contributed by atoms with Crippen molar-refractivity contribution in [1.29, 1.82) is 0 Å². The summed E-state index contributed by atoms with van der Waals surface area (Å²) in [5, 5.41) is 8.80. The predicted molar refractivity (Wildman–Crippen MR) is 79.1 cm³/mol. The van der Waals surface area contributed by atoms with Crippen LogP contribution in [0.3, 0.4) is 0 Å². The van der Waals surface area contributed by atoms with E-state index in [0.29, 0.717) is 6.04 Å². The van der Waals surface area contributed by atoms with Gasteiger partial charge in [-0.2, -0.15) is 0 Å². The summed E-state index contributed by atoms with van der Waals surface area (Å²) >= 11 is 7.11. The second-order valence-electron chi connectivity index (χ2n) is 3.94. The number of aryl methyl sites for hydroxylation is 1. The van der Waals surface area contributed by atoms with Crippen molar-refractivity contribution in [2.24, 2.45) is 0 Å². The van der Waals surface area contributed by atoms with Gasteiger partial charge in [-0.25, -0.2) is 4.98 Å². The molecule has 2 aromatic rings. The highest BCUT2D eigenvalue weighted by Gasteiger charge is 2.12. The SMILES string of the molecule is CNC(Cc1csc(C)n1)Cc1sccc1Br. The number of likely N-dealkylation sites (N-methyl/N-ethyl adjacent to an activating group) is 1. The first kappa shape index (κ1) is 13.2. The molecule has 2 heterocycles. The molecule has 2 rings (SSSR count). The zero-order valence-corrected chi connectivity index (χ0v) is 13.1. The molecule has 0 bridgehead atoms. The minimum atomic E-state index is 0.450. The Hall–Kier alpha value is -0.230. The molecule has 0 amide bonds. The molecule has 0 aromatic carbocycles. The standard InChI is InChI=1S/C12H15BrN2S2/c1-8-15-10(7-17-8)5-9(14-2)6-12-11(13)3-4-16-12/h3-4,7,9,14H,5-6H2,1-2H3. The zero-order valence-electron chi connectivity index (χ0n) is 9.87. The van der Waals surface area contributed by atoms with Gasteiger partial charge in [-0.15, -0.1) is 22.7 Å². The largest absolute Gasteiger partial charge is 0.316 e.